The molecule has 6 nitrogen and oxygen atoms in total. The van der Waals surface area contributed by atoms with Gasteiger partial charge in [-0.05, 0) is 44.9 Å². The van der Waals surface area contributed by atoms with Crippen LogP contribution in [0.1, 0.15) is 46.3 Å². The molecule has 1 amide bonds. The Kier molecular flexibility index (Phi) is 3.95. The lowest BCUT2D eigenvalue weighted by molar-refractivity contribution is 0.0703. The number of likely N-dealkylation sites (tertiary alicyclic amines) is 1. The van der Waals surface area contributed by atoms with E-state index in [1.54, 1.807) is 13.1 Å². The second-order valence-electron chi connectivity index (χ2n) is 6.59. The molecule has 4 heterocycles. The van der Waals surface area contributed by atoms with Crippen LogP contribution in [0.25, 0.3) is 10.9 Å². The van der Waals surface area contributed by atoms with Gasteiger partial charge in [0.1, 0.15) is 11.3 Å². The van der Waals surface area contributed by atoms with E-state index >= 15 is 0 Å². The Hall–Kier alpha value is -2.76. The van der Waals surface area contributed by atoms with Gasteiger partial charge in [0.15, 0.2) is 0 Å². The van der Waals surface area contributed by atoms with Crippen LogP contribution in [0.3, 0.4) is 0 Å². The molecule has 0 bridgehead atoms. The number of fused-ring (bicyclic) bond motifs is 1. The molecule has 0 N–H and O–H groups in total. The Morgan fingerprint density at radius 1 is 1.32 bits per heavy atom. The summed E-state index contributed by atoms with van der Waals surface area (Å²) >= 11 is 0. The number of hydrogen-bond donors (Lipinski definition) is 0. The van der Waals surface area contributed by atoms with Crippen molar-refractivity contribution in [1.82, 2.24) is 20.0 Å². The summed E-state index contributed by atoms with van der Waals surface area (Å²) in [6, 6.07) is 5.96. The lowest BCUT2D eigenvalue weighted by Crippen LogP contribution is -2.39. The SMILES string of the molecule is Cc1noc(C)c1C(=O)N1CCC[C@@H](c2cc3ncccc3cn2)C1. The van der Waals surface area contributed by atoms with Gasteiger partial charge in [-0.15, -0.1) is 0 Å². The summed E-state index contributed by atoms with van der Waals surface area (Å²) in [4.78, 5) is 23.8. The van der Waals surface area contributed by atoms with Crippen molar-refractivity contribution in [3.05, 3.63) is 53.3 Å². The minimum atomic E-state index is -0.000126. The molecule has 0 aromatic carbocycles. The lowest BCUT2D eigenvalue weighted by atomic mass is 9.93. The molecular formula is C19H20N4O2. The summed E-state index contributed by atoms with van der Waals surface area (Å²) in [5.41, 5.74) is 3.19. The molecule has 3 aromatic rings. The second-order valence-corrected chi connectivity index (χ2v) is 6.59. The zero-order chi connectivity index (χ0) is 17.4. The van der Waals surface area contributed by atoms with Crippen LogP contribution in [0.4, 0.5) is 0 Å². The second kappa shape index (κ2) is 6.27. The number of piperidine rings is 1. The van der Waals surface area contributed by atoms with Gasteiger partial charge in [-0.25, -0.2) is 0 Å². The largest absolute Gasteiger partial charge is 0.361 e. The van der Waals surface area contributed by atoms with E-state index in [0.717, 1.165) is 36.0 Å². The Morgan fingerprint density at radius 3 is 3.00 bits per heavy atom. The summed E-state index contributed by atoms with van der Waals surface area (Å²) in [6.07, 6.45) is 5.64. The number of hydrogen-bond acceptors (Lipinski definition) is 5. The molecule has 1 atom stereocenters. The highest BCUT2D eigenvalue weighted by Gasteiger charge is 2.29. The van der Waals surface area contributed by atoms with E-state index in [1.165, 1.54) is 0 Å². The highest BCUT2D eigenvalue weighted by molar-refractivity contribution is 5.96. The van der Waals surface area contributed by atoms with Crippen molar-refractivity contribution in [3.63, 3.8) is 0 Å². The van der Waals surface area contributed by atoms with Crippen molar-refractivity contribution in [3.8, 4) is 0 Å². The van der Waals surface area contributed by atoms with Gasteiger partial charge in [0.25, 0.3) is 5.91 Å². The number of carbonyl (C=O) groups is 1. The average molecular weight is 336 g/mol. The summed E-state index contributed by atoms with van der Waals surface area (Å²) in [6.45, 7) is 5.01. The van der Waals surface area contributed by atoms with Crippen molar-refractivity contribution < 1.29 is 9.32 Å². The highest BCUT2D eigenvalue weighted by atomic mass is 16.5. The third kappa shape index (κ3) is 2.88. The third-order valence-corrected chi connectivity index (χ3v) is 4.88. The molecule has 4 rings (SSSR count). The zero-order valence-electron chi connectivity index (χ0n) is 14.4. The summed E-state index contributed by atoms with van der Waals surface area (Å²) < 4.78 is 5.15. The standard InChI is InChI=1S/C19H20N4O2/c1-12-18(13(2)25-22-12)19(24)23-8-4-6-15(11-23)17-9-16-14(10-21-17)5-3-7-20-16/h3,5,7,9-10,15H,4,6,8,11H2,1-2H3/t15-/m1/s1. The van der Waals surface area contributed by atoms with E-state index in [-0.39, 0.29) is 11.8 Å². The quantitative estimate of drug-likeness (QED) is 0.718. The van der Waals surface area contributed by atoms with Gasteiger partial charge in [-0.1, -0.05) is 5.16 Å². The van der Waals surface area contributed by atoms with Gasteiger partial charge < -0.3 is 9.42 Å². The monoisotopic (exact) mass is 336 g/mol. The van der Waals surface area contributed by atoms with E-state index in [2.05, 4.69) is 15.1 Å². The Bertz CT molecular complexity index is 915. The molecule has 1 aliphatic heterocycles. The number of rotatable bonds is 2. The van der Waals surface area contributed by atoms with Crippen molar-refractivity contribution in [2.24, 2.45) is 0 Å². The minimum absolute atomic E-state index is 0.000126. The van der Waals surface area contributed by atoms with Crippen molar-refractivity contribution in [2.75, 3.05) is 13.1 Å². The molecular weight excluding hydrogens is 316 g/mol. The molecule has 1 aliphatic rings. The predicted molar refractivity (Wildman–Crippen MR) is 93.4 cm³/mol. The normalized spacial score (nSPS) is 17.8. The molecule has 1 fully saturated rings. The third-order valence-electron chi connectivity index (χ3n) is 4.88. The van der Waals surface area contributed by atoms with Crippen LogP contribution in [-0.2, 0) is 0 Å². The first-order chi connectivity index (χ1) is 12.1. The fourth-order valence-electron chi connectivity index (χ4n) is 3.55. The molecule has 0 aliphatic carbocycles. The van der Waals surface area contributed by atoms with Crippen molar-refractivity contribution in [2.45, 2.75) is 32.6 Å². The average Bonchev–Trinajstić information content (AvgIpc) is 2.99. The molecule has 0 spiro atoms. The number of nitrogens with zero attached hydrogens (tertiary/aromatic N) is 4. The van der Waals surface area contributed by atoms with E-state index in [4.69, 9.17) is 4.52 Å². The predicted octanol–water partition coefficient (Wildman–Crippen LogP) is 3.25. The number of pyridine rings is 2. The number of aryl methyl sites for hydroxylation is 2. The first kappa shape index (κ1) is 15.7. The maximum Gasteiger partial charge on any atom is 0.259 e. The highest BCUT2D eigenvalue weighted by Crippen LogP contribution is 2.28. The minimum Gasteiger partial charge on any atom is -0.361 e. The molecule has 0 saturated carbocycles. The maximum absolute atomic E-state index is 12.9. The van der Waals surface area contributed by atoms with Gasteiger partial charge in [0.05, 0.1) is 11.2 Å². The fourth-order valence-corrected chi connectivity index (χ4v) is 3.55. The van der Waals surface area contributed by atoms with E-state index in [0.29, 0.717) is 23.6 Å². The molecule has 128 valence electrons. The number of aromatic nitrogens is 3. The van der Waals surface area contributed by atoms with Gasteiger partial charge in [-0.3, -0.25) is 14.8 Å². The molecule has 25 heavy (non-hydrogen) atoms. The molecule has 0 radical (unpaired) electrons. The molecule has 0 unspecified atom stereocenters. The van der Waals surface area contributed by atoms with Crippen LogP contribution in [-0.4, -0.2) is 39.0 Å². The van der Waals surface area contributed by atoms with Gasteiger partial charge >= 0.3 is 0 Å². The molecule has 3 aromatic heterocycles. The fraction of sp³-hybridized carbons (Fsp3) is 0.368. The maximum atomic E-state index is 12.9. The van der Waals surface area contributed by atoms with E-state index < -0.39 is 0 Å². The van der Waals surface area contributed by atoms with E-state index in [9.17, 15) is 4.79 Å². The van der Waals surface area contributed by atoms with E-state index in [1.807, 2.05) is 36.2 Å². The van der Waals surface area contributed by atoms with Gasteiger partial charge in [-0.2, -0.15) is 0 Å². The molecule has 1 saturated heterocycles. The first-order valence-corrected chi connectivity index (χ1v) is 8.56. The first-order valence-electron chi connectivity index (χ1n) is 8.56. The van der Waals surface area contributed by atoms with Crippen LogP contribution in [0.2, 0.25) is 0 Å². The number of amides is 1. The van der Waals surface area contributed by atoms with Crippen LogP contribution >= 0.6 is 0 Å². The van der Waals surface area contributed by atoms with Crippen molar-refractivity contribution >= 4 is 16.8 Å². The lowest BCUT2D eigenvalue weighted by Gasteiger charge is -2.32. The smallest absolute Gasteiger partial charge is 0.259 e. The van der Waals surface area contributed by atoms with Gasteiger partial charge in [0.2, 0.25) is 0 Å². The Labute approximate surface area is 145 Å². The molecule has 6 heteroatoms. The zero-order valence-corrected chi connectivity index (χ0v) is 14.4. The van der Waals surface area contributed by atoms with Gasteiger partial charge in [0, 0.05) is 42.5 Å². The van der Waals surface area contributed by atoms with Crippen LogP contribution < -0.4 is 0 Å². The summed E-state index contributed by atoms with van der Waals surface area (Å²) in [7, 11) is 0. The van der Waals surface area contributed by atoms with Crippen molar-refractivity contribution in [1.29, 1.82) is 0 Å². The topological polar surface area (TPSA) is 72.1 Å². The number of carbonyl (C=O) groups excluding carboxylic acids is 1. The summed E-state index contributed by atoms with van der Waals surface area (Å²) in [5.74, 6) is 0.807. The Morgan fingerprint density at radius 2 is 2.20 bits per heavy atom. The Balaban J connectivity index is 1.59. The van der Waals surface area contributed by atoms with Crippen LogP contribution in [0.15, 0.2) is 35.1 Å². The van der Waals surface area contributed by atoms with Crippen LogP contribution in [0.5, 0.6) is 0 Å². The summed E-state index contributed by atoms with van der Waals surface area (Å²) in [5, 5.41) is 4.93. The van der Waals surface area contributed by atoms with Crippen LogP contribution in [0, 0.1) is 13.8 Å².